The molecule has 1 nitrogen and oxygen atoms in total. The first kappa shape index (κ1) is 11.1. The fourth-order valence-electron chi connectivity index (χ4n) is 0.873. The van der Waals surface area contributed by atoms with E-state index in [1.165, 1.54) is 25.7 Å². The Morgan fingerprint density at radius 3 is 2.75 bits per heavy atom. The summed E-state index contributed by atoms with van der Waals surface area (Å²) in [5.74, 6) is 5.97. The maximum absolute atomic E-state index is 4.70. The van der Waals surface area contributed by atoms with E-state index in [-0.39, 0.29) is 0 Å². The first-order chi connectivity index (χ1) is 5.91. The molecule has 0 bridgehead atoms. The van der Waals surface area contributed by atoms with Crippen molar-refractivity contribution in [2.45, 2.75) is 39.0 Å². The zero-order valence-corrected chi connectivity index (χ0v) is 8.10. The smallest absolute Gasteiger partial charge is 0.0908 e. The van der Waals surface area contributed by atoms with Gasteiger partial charge in [0.05, 0.1) is 13.4 Å². The average molecular weight is 166 g/mol. The average Bonchev–Trinajstić information content (AvgIpc) is 2.10. The van der Waals surface area contributed by atoms with Gasteiger partial charge in [0, 0.05) is 12.5 Å². The molecular weight excluding hydrogens is 148 g/mol. The number of allylic oxidation sites excluding steroid dienone is 1. The molecule has 68 valence electrons. The van der Waals surface area contributed by atoms with Crippen LogP contribution in [0.4, 0.5) is 0 Å². The van der Waals surface area contributed by atoms with E-state index in [4.69, 9.17) is 4.74 Å². The van der Waals surface area contributed by atoms with Crippen LogP contribution in [0.15, 0.2) is 12.3 Å². The van der Waals surface area contributed by atoms with E-state index in [0.29, 0.717) is 0 Å². The fraction of sp³-hybridized carbons (Fsp3) is 0.636. The molecule has 0 rings (SSSR count). The second-order valence-corrected chi connectivity index (χ2v) is 2.67. The molecule has 0 aliphatic heterocycles. The van der Waals surface area contributed by atoms with E-state index in [0.717, 1.165) is 6.42 Å². The molecule has 0 aromatic rings. The van der Waals surface area contributed by atoms with E-state index in [9.17, 15) is 0 Å². The van der Waals surface area contributed by atoms with Crippen LogP contribution in [0, 0.1) is 11.8 Å². The molecular formula is C11H18O. The van der Waals surface area contributed by atoms with Crippen LogP contribution in [-0.4, -0.2) is 7.11 Å². The number of rotatable bonds is 5. The van der Waals surface area contributed by atoms with Gasteiger partial charge in [0.25, 0.3) is 0 Å². The molecule has 0 saturated carbocycles. The summed E-state index contributed by atoms with van der Waals surface area (Å²) >= 11 is 0. The topological polar surface area (TPSA) is 9.23 Å². The molecule has 0 amide bonds. The number of methoxy groups -OCH3 is 1. The molecule has 0 heterocycles. The second kappa shape index (κ2) is 10.1. The minimum atomic E-state index is 1.01. The predicted octanol–water partition coefficient (Wildman–Crippen LogP) is 3.12. The highest BCUT2D eigenvalue weighted by Gasteiger charge is 1.82. The molecule has 0 aliphatic carbocycles. The molecule has 12 heavy (non-hydrogen) atoms. The van der Waals surface area contributed by atoms with Gasteiger partial charge in [0.15, 0.2) is 0 Å². The van der Waals surface area contributed by atoms with E-state index in [2.05, 4.69) is 18.8 Å². The Morgan fingerprint density at radius 1 is 1.25 bits per heavy atom. The van der Waals surface area contributed by atoms with Crippen molar-refractivity contribution >= 4 is 0 Å². The van der Waals surface area contributed by atoms with Gasteiger partial charge in [-0.3, -0.25) is 0 Å². The van der Waals surface area contributed by atoms with Crippen LogP contribution in [0.5, 0.6) is 0 Å². The maximum Gasteiger partial charge on any atom is 0.0908 e. The normalized spacial score (nSPS) is 9.50. The zero-order chi connectivity index (χ0) is 9.07. The Balaban J connectivity index is 3.15. The minimum Gasteiger partial charge on any atom is -0.504 e. The lowest BCUT2D eigenvalue weighted by Gasteiger charge is -1.91. The van der Waals surface area contributed by atoms with Gasteiger partial charge in [-0.05, 0) is 6.42 Å². The van der Waals surface area contributed by atoms with Crippen molar-refractivity contribution in [3.05, 3.63) is 12.3 Å². The standard InChI is InChI=1S/C11H18O/c1-3-4-5-6-7-8-9-10-11-12-2/h10-11H,3-7H2,1-2H3. The van der Waals surface area contributed by atoms with Crippen molar-refractivity contribution in [1.29, 1.82) is 0 Å². The monoisotopic (exact) mass is 166 g/mol. The summed E-state index contributed by atoms with van der Waals surface area (Å²) in [7, 11) is 1.62. The molecule has 0 unspecified atom stereocenters. The van der Waals surface area contributed by atoms with Crippen LogP contribution in [0.25, 0.3) is 0 Å². The van der Waals surface area contributed by atoms with Gasteiger partial charge in [-0.2, -0.15) is 0 Å². The SMILES string of the molecule is CCCCCCC#CC=COC. The first-order valence-corrected chi connectivity index (χ1v) is 4.58. The highest BCUT2D eigenvalue weighted by molar-refractivity contribution is 5.13. The van der Waals surface area contributed by atoms with Gasteiger partial charge in [-0.15, -0.1) is 0 Å². The lowest BCUT2D eigenvalue weighted by Crippen LogP contribution is -1.73. The van der Waals surface area contributed by atoms with E-state index in [1.54, 1.807) is 19.4 Å². The summed E-state index contributed by atoms with van der Waals surface area (Å²) in [6.45, 7) is 2.22. The van der Waals surface area contributed by atoms with Crippen molar-refractivity contribution in [2.75, 3.05) is 7.11 Å². The second-order valence-electron chi connectivity index (χ2n) is 2.67. The van der Waals surface area contributed by atoms with Crippen LogP contribution in [0.2, 0.25) is 0 Å². The molecule has 0 atom stereocenters. The van der Waals surface area contributed by atoms with Gasteiger partial charge < -0.3 is 4.74 Å². The van der Waals surface area contributed by atoms with E-state index >= 15 is 0 Å². The predicted molar refractivity (Wildman–Crippen MR) is 52.7 cm³/mol. The molecule has 0 saturated heterocycles. The Labute approximate surface area is 75.8 Å². The van der Waals surface area contributed by atoms with Crippen molar-refractivity contribution in [1.82, 2.24) is 0 Å². The lowest BCUT2D eigenvalue weighted by molar-refractivity contribution is 0.338. The van der Waals surface area contributed by atoms with Gasteiger partial charge in [0.1, 0.15) is 0 Å². The summed E-state index contributed by atoms with van der Waals surface area (Å²) < 4.78 is 4.70. The quantitative estimate of drug-likeness (QED) is 0.346. The van der Waals surface area contributed by atoms with Crippen molar-refractivity contribution in [2.24, 2.45) is 0 Å². The molecule has 0 radical (unpaired) electrons. The third kappa shape index (κ3) is 9.10. The van der Waals surface area contributed by atoms with Crippen LogP contribution < -0.4 is 0 Å². The Bertz CT molecular complexity index is 160. The number of hydrogen-bond donors (Lipinski definition) is 0. The molecule has 0 aliphatic rings. The minimum absolute atomic E-state index is 1.01. The number of ether oxygens (including phenoxy) is 1. The number of hydrogen-bond acceptors (Lipinski definition) is 1. The fourth-order valence-corrected chi connectivity index (χ4v) is 0.873. The van der Waals surface area contributed by atoms with Crippen molar-refractivity contribution in [3.63, 3.8) is 0 Å². The Morgan fingerprint density at radius 2 is 2.08 bits per heavy atom. The molecule has 0 N–H and O–H groups in total. The van der Waals surface area contributed by atoms with Crippen LogP contribution in [-0.2, 0) is 4.74 Å². The molecule has 0 spiro atoms. The van der Waals surface area contributed by atoms with E-state index < -0.39 is 0 Å². The van der Waals surface area contributed by atoms with Crippen LogP contribution in [0.3, 0.4) is 0 Å². The Hall–Kier alpha value is -0.900. The highest BCUT2D eigenvalue weighted by atomic mass is 16.5. The highest BCUT2D eigenvalue weighted by Crippen LogP contribution is 2.00. The van der Waals surface area contributed by atoms with Gasteiger partial charge in [-0.25, -0.2) is 0 Å². The van der Waals surface area contributed by atoms with Crippen molar-refractivity contribution in [3.8, 4) is 11.8 Å². The number of unbranched alkanes of at least 4 members (excludes halogenated alkanes) is 4. The molecule has 0 aromatic heterocycles. The summed E-state index contributed by atoms with van der Waals surface area (Å²) in [5, 5.41) is 0. The lowest BCUT2D eigenvalue weighted by atomic mass is 10.2. The Kier molecular flexibility index (Phi) is 9.34. The summed E-state index contributed by atoms with van der Waals surface area (Å²) in [5.41, 5.74) is 0. The van der Waals surface area contributed by atoms with Gasteiger partial charge >= 0.3 is 0 Å². The van der Waals surface area contributed by atoms with Crippen molar-refractivity contribution < 1.29 is 4.74 Å². The first-order valence-electron chi connectivity index (χ1n) is 4.58. The van der Waals surface area contributed by atoms with Crippen LogP contribution in [0.1, 0.15) is 39.0 Å². The van der Waals surface area contributed by atoms with E-state index in [1.807, 2.05) is 0 Å². The van der Waals surface area contributed by atoms with Gasteiger partial charge in [-0.1, -0.05) is 38.0 Å². The maximum atomic E-state index is 4.70. The van der Waals surface area contributed by atoms with Crippen LogP contribution >= 0.6 is 0 Å². The zero-order valence-electron chi connectivity index (χ0n) is 8.10. The summed E-state index contributed by atoms with van der Waals surface area (Å²) in [4.78, 5) is 0. The third-order valence-corrected chi connectivity index (χ3v) is 1.54. The molecule has 0 aromatic carbocycles. The van der Waals surface area contributed by atoms with Gasteiger partial charge in [0.2, 0.25) is 0 Å². The molecule has 0 fully saturated rings. The molecule has 1 heteroatoms. The largest absolute Gasteiger partial charge is 0.504 e. The summed E-state index contributed by atoms with van der Waals surface area (Å²) in [6.07, 6.45) is 9.49. The third-order valence-electron chi connectivity index (χ3n) is 1.54. The summed E-state index contributed by atoms with van der Waals surface area (Å²) in [6, 6.07) is 0.